The van der Waals surface area contributed by atoms with Gasteiger partial charge in [-0.25, -0.2) is 0 Å². The molecule has 1 amide bonds. The van der Waals surface area contributed by atoms with Gasteiger partial charge in [0.15, 0.2) is 0 Å². The van der Waals surface area contributed by atoms with Gasteiger partial charge in [0.25, 0.3) is 0 Å². The lowest BCUT2D eigenvalue weighted by molar-refractivity contribution is -0.137. The van der Waals surface area contributed by atoms with Crippen molar-refractivity contribution < 1.29 is 14.7 Å². The van der Waals surface area contributed by atoms with Crippen LogP contribution in [0, 0.1) is 0 Å². The second kappa shape index (κ2) is 7.00. The summed E-state index contributed by atoms with van der Waals surface area (Å²) in [6, 6.07) is 3.91. The van der Waals surface area contributed by atoms with E-state index in [1.807, 2.05) is 17.5 Å². The van der Waals surface area contributed by atoms with E-state index in [1.54, 1.807) is 11.3 Å². The monoisotopic (exact) mass is 241 g/mol. The molecule has 1 aromatic rings. The minimum atomic E-state index is -0.806. The minimum absolute atomic E-state index is 0.0150. The van der Waals surface area contributed by atoms with Crippen molar-refractivity contribution in [1.82, 2.24) is 5.32 Å². The molecular weight excluding hydrogens is 226 g/mol. The van der Waals surface area contributed by atoms with Crippen molar-refractivity contribution in [2.45, 2.75) is 32.2 Å². The number of carbonyl (C=O) groups is 2. The summed E-state index contributed by atoms with van der Waals surface area (Å²) in [4.78, 5) is 22.7. The smallest absolute Gasteiger partial charge is 0.303 e. The molecule has 0 saturated heterocycles. The van der Waals surface area contributed by atoms with Gasteiger partial charge in [0, 0.05) is 17.7 Å². The SMILES string of the molecule is O=C(O)CCCCC(=O)NCc1cccs1. The van der Waals surface area contributed by atoms with Gasteiger partial charge in [0.05, 0.1) is 6.54 Å². The van der Waals surface area contributed by atoms with Crippen LogP contribution in [0.4, 0.5) is 0 Å². The van der Waals surface area contributed by atoms with E-state index in [4.69, 9.17) is 5.11 Å². The summed E-state index contributed by atoms with van der Waals surface area (Å²) in [5.41, 5.74) is 0. The average molecular weight is 241 g/mol. The number of rotatable bonds is 7. The van der Waals surface area contributed by atoms with E-state index in [0.29, 0.717) is 25.8 Å². The fourth-order valence-corrected chi connectivity index (χ4v) is 1.89. The quantitative estimate of drug-likeness (QED) is 0.718. The van der Waals surface area contributed by atoms with Gasteiger partial charge in [-0.1, -0.05) is 6.07 Å². The first-order valence-electron chi connectivity index (χ1n) is 5.19. The molecule has 0 saturated carbocycles. The molecule has 1 rings (SSSR count). The Balaban J connectivity index is 2.05. The Hall–Kier alpha value is -1.36. The molecule has 5 heteroatoms. The zero-order chi connectivity index (χ0) is 11.8. The van der Waals surface area contributed by atoms with Gasteiger partial charge in [-0.15, -0.1) is 11.3 Å². The number of aliphatic carboxylic acids is 1. The summed E-state index contributed by atoms with van der Waals surface area (Å²) in [6.07, 6.45) is 1.72. The van der Waals surface area contributed by atoms with Crippen molar-refractivity contribution in [3.05, 3.63) is 22.4 Å². The minimum Gasteiger partial charge on any atom is -0.481 e. The van der Waals surface area contributed by atoms with E-state index < -0.39 is 5.97 Å². The Morgan fingerprint density at radius 3 is 2.69 bits per heavy atom. The third-order valence-corrected chi connectivity index (χ3v) is 2.96. The van der Waals surface area contributed by atoms with Crippen molar-refractivity contribution in [1.29, 1.82) is 0 Å². The van der Waals surface area contributed by atoms with Crippen molar-refractivity contribution >= 4 is 23.2 Å². The van der Waals surface area contributed by atoms with Crippen LogP contribution in [-0.2, 0) is 16.1 Å². The molecule has 0 aliphatic heterocycles. The van der Waals surface area contributed by atoms with Gasteiger partial charge in [-0.3, -0.25) is 9.59 Å². The molecule has 0 bridgehead atoms. The number of nitrogens with one attached hydrogen (secondary N) is 1. The predicted octanol–water partition coefficient (Wildman–Crippen LogP) is 2.01. The van der Waals surface area contributed by atoms with Crippen molar-refractivity contribution in [2.75, 3.05) is 0 Å². The Morgan fingerprint density at radius 1 is 1.31 bits per heavy atom. The number of unbranched alkanes of at least 4 members (excludes halogenated alkanes) is 1. The number of carboxylic acid groups (broad SMARTS) is 1. The molecule has 0 spiro atoms. The molecule has 2 N–H and O–H groups in total. The summed E-state index contributed by atoms with van der Waals surface area (Å²) >= 11 is 1.60. The highest BCUT2D eigenvalue weighted by Crippen LogP contribution is 2.07. The van der Waals surface area contributed by atoms with E-state index in [-0.39, 0.29) is 12.3 Å². The summed E-state index contributed by atoms with van der Waals surface area (Å²) in [7, 11) is 0. The van der Waals surface area contributed by atoms with Gasteiger partial charge in [0.2, 0.25) is 5.91 Å². The Bertz CT molecular complexity index is 335. The highest BCUT2D eigenvalue weighted by Gasteiger charge is 2.03. The summed E-state index contributed by atoms with van der Waals surface area (Å²) in [5.74, 6) is -0.821. The fourth-order valence-electron chi connectivity index (χ4n) is 1.25. The molecule has 0 atom stereocenters. The van der Waals surface area contributed by atoms with Crippen LogP contribution in [-0.4, -0.2) is 17.0 Å². The van der Waals surface area contributed by atoms with Gasteiger partial charge in [0.1, 0.15) is 0 Å². The standard InChI is InChI=1S/C11H15NO3S/c13-10(5-1-2-6-11(14)15)12-8-9-4-3-7-16-9/h3-4,7H,1-2,5-6,8H2,(H,12,13)(H,14,15). The topological polar surface area (TPSA) is 66.4 Å². The first kappa shape index (κ1) is 12.7. The maximum absolute atomic E-state index is 11.3. The molecule has 16 heavy (non-hydrogen) atoms. The number of thiophene rings is 1. The Labute approximate surface area is 98.3 Å². The van der Waals surface area contributed by atoms with Crippen molar-refractivity contribution in [3.63, 3.8) is 0 Å². The molecule has 0 aliphatic rings. The third-order valence-electron chi connectivity index (χ3n) is 2.08. The molecule has 0 fully saturated rings. The van der Waals surface area contributed by atoms with E-state index in [2.05, 4.69) is 5.32 Å². The van der Waals surface area contributed by atoms with Crippen LogP contribution in [0.3, 0.4) is 0 Å². The Kier molecular flexibility index (Phi) is 5.56. The number of carbonyl (C=O) groups excluding carboxylic acids is 1. The third kappa shape index (κ3) is 5.50. The maximum atomic E-state index is 11.3. The van der Waals surface area contributed by atoms with Crippen LogP contribution in [0.25, 0.3) is 0 Å². The molecule has 0 unspecified atom stereocenters. The highest BCUT2D eigenvalue weighted by molar-refractivity contribution is 7.09. The zero-order valence-electron chi connectivity index (χ0n) is 8.94. The average Bonchev–Trinajstić information content (AvgIpc) is 2.74. The van der Waals surface area contributed by atoms with Gasteiger partial charge < -0.3 is 10.4 Å². The molecule has 1 heterocycles. The van der Waals surface area contributed by atoms with Gasteiger partial charge in [-0.2, -0.15) is 0 Å². The number of amides is 1. The molecule has 1 aromatic heterocycles. The van der Waals surface area contributed by atoms with E-state index in [1.165, 1.54) is 0 Å². The van der Waals surface area contributed by atoms with Crippen LogP contribution in [0.1, 0.15) is 30.6 Å². The zero-order valence-corrected chi connectivity index (χ0v) is 9.76. The molecule has 0 radical (unpaired) electrons. The lowest BCUT2D eigenvalue weighted by Crippen LogP contribution is -2.21. The largest absolute Gasteiger partial charge is 0.481 e. The molecule has 0 aromatic carbocycles. The summed E-state index contributed by atoms with van der Waals surface area (Å²) in [5, 5.41) is 13.2. The summed E-state index contributed by atoms with van der Waals surface area (Å²) in [6.45, 7) is 0.565. The second-order valence-corrected chi connectivity index (χ2v) is 4.49. The normalized spacial score (nSPS) is 10.0. The number of carboxylic acids is 1. The highest BCUT2D eigenvalue weighted by atomic mass is 32.1. The van der Waals surface area contributed by atoms with E-state index >= 15 is 0 Å². The first-order valence-corrected chi connectivity index (χ1v) is 6.07. The van der Waals surface area contributed by atoms with Crippen molar-refractivity contribution in [3.8, 4) is 0 Å². The number of hydrogen-bond donors (Lipinski definition) is 2. The van der Waals surface area contributed by atoms with Gasteiger partial charge >= 0.3 is 5.97 Å². The first-order chi connectivity index (χ1) is 7.68. The molecule has 4 nitrogen and oxygen atoms in total. The van der Waals surface area contributed by atoms with Crippen LogP contribution in [0.2, 0.25) is 0 Å². The molecular formula is C11H15NO3S. The van der Waals surface area contributed by atoms with Crippen LogP contribution in [0.15, 0.2) is 17.5 Å². The lowest BCUT2D eigenvalue weighted by Gasteiger charge is -2.02. The Morgan fingerprint density at radius 2 is 2.06 bits per heavy atom. The number of hydrogen-bond acceptors (Lipinski definition) is 3. The predicted molar refractivity (Wildman–Crippen MR) is 62.3 cm³/mol. The van der Waals surface area contributed by atoms with Gasteiger partial charge in [-0.05, 0) is 24.3 Å². The lowest BCUT2D eigenvalue weighted by atomic mass is 10.2. The second-order valence-electron chi connectivity index (χ2n) is 3.46. The maximum Gasteiger partial charge on any atom is 0.303 e. The van der Waals surface area contributed by atoms with Crippen molar-refractivity contribution in [2.24, 2.45) is 0 Å². The summed E-state index contributed by atoms with van der Waals surface area (Å²) < 4.78 is 0. The van der Waals surface area contributed by atoms with Crippen LogP contribution in [0.5, 0.6) is 0 Å². The van der Waals surface area contributed by atoms with Crippen LogP contribution >= 0.6 is 11.3 Å². The van der Waals surface area contributed by atoms with Crippen LogP contribution < -0.4 is 5.32 Å². The van der Waals surface area contributed by atoms with E-state index in [0.717, 1.165) is 4.88 Å². The van der Waals surface area contributed by atoms with E-state index in [9.17, 15) is 9.59 Å². The molecule has 88 valence electrons. The fraction of sp³-hybridized carbons (Fsp3) is 0.455. The molecule has 0 aliphatic carbocycles.